The first-order valence-corrected chi connectivity index (χ1v) is 11.1. The lowest BCUT2D eigenvalue weighted by Crippen LogP contribution is -2.19. The molecule has 1 heterocycles. The van der Waals surface area contributed by atoms with Crippen LogP contribution in [-0.4, -0.2) is 35.3 Å². The van der Waals surface area contributed by atoms with Crippen LogP contribution in [0.3, 0.4) is 0 Å². The molecule has 1 aliphatic rings. The van der Waals surface area contributed by atoms with Crippen LogP contribution in [0.5, 0.6) is 0 Å². The molecule has 0 unspecified atom stereocenters. The van der Waals surface area contributed by atoms with E-state index in [0.29, 0.717) is 16.3 Å². The molecule has 1 saturated heterocycles. The van der Waals surface area contributed by atoms with E-state index in [9.17, 15) is 19.7 Å². The van der Waals surface area contributed by atoms with Gasteiger partial charge in [-0.3, -0.25) is 20.2 Å². The molecule has 1 aliphatic heterocycles. The van der Waals surface area contributed by atoms with Crippen LogP contribution in [0.1, 0.15) is 11.1 Å². The number of non-ortho nitro benzene ring substituents is 1. The largest absolute Gasteiger partial charge is 0.466 e. The Kier molecular flexibility index (Phi) is 8.03. The summed E-state index contributed by atoms with van der Waals surface area (Å²) in [6, 6.07) is 11.9. The highest BCUT2D eigenvalue weighted by molar-refractivity contribution is 8.18. The first-order chi connectivity index (χ1) is 15.4. The van der Waals surface area contributed by atoms with Crippen LogP contribution in [0.2, 0.25) is 5.02 Å². The average molecular weight is 491 g/mol. The first-order valence-electron chi connectivity index (χ1n) is 8.91. The number of thioether (sulfide) groups is 2. The molecule has 12 heteroatoms. The van der Waals surface area contributed by atoms with E-state index < -0.39 is 16.8 Å². The Morgan fingerprint density at radius 2 is 2.06 bits per heavy atom. The van der Waals surface area contributed by atoms with E-state index in [1.807, 2.05) is 12.1 Å². The summed E-state index contributed by atoms with van der Waals surface area (Å²) in [5, 5.41) is 22.3. The molecule has 2 aromatic rings. The fourth-order valence-electron chi connectivity index (χ4n) is 2.41. The maximum Gasteiger partial charge on any atom is 0.331 e. The lowest BCUT2D eigenvalue weighted by atomic mass is 10.2. The number of nitrogens with one attached hydrogen (secondary N) is 1. The molecule has 0 aromatic heterocycles. The average Bonchev–Trinajstić information content (AvgIpc) is 3.12. The van der Waals surface area contributed by atoms with Gasteiger partial charge in [-0.15, -0.1) is 16.9 Å². The van der Waals surface area contributed by atoms with E-state index in [-0.39, 0.29) is 15.8 Å². The third-order valence-electron chi connectivity index (χ3n) is 3.96. The number of nitro groups is 1. The monoisotopic (exact) mass is 490 g/mol. The molecule has 9 nitrogen and oxygen atoms in total. The molecule has 0 aliphatic carbocycles. The third-order valence-corrected chi connectivity index (χ3v) is 6.27. The standard InChI is InChI=1S/C20H15ClN4O5S2/c1-30-18(26)9-17-19(27)23-20(32-17)24-22-10-13-8-15(25(28)29)6-7-16(13)31-11-12-2-4-14(21)5-3-12/h2-10H,11H2,1H3,(H,23,24,27)/b17-9+,22-10?. The Labute approximate surface area is 196 Å². The summed E-state index contributed by atoms with van der Waals surface area (Å²) in [7, 11) is 1.21. The predicted molar refractivity (Wildman–Crippen MR) is 125 cm³/mol. The van der Waals surface area contributed by atoms with Gasteiger partial charge in [-0.1, -0.05) is 23.7 Å². The number of esters is 1. The zero-order valence-electron chi connectivity index (χ0n) is 16.5. The molecule has 32 heavy (non-hydrogen) atoms. The van der Waals surface area contributed by atoms with Crippen molar-refractivity contribution in [2.24, 2.45) is 10.2 Å². The second kappa shape index (κ2) is 10.9. The molecule has 1 fully saturated rings. The van der Waals surface area contributed by atoms with Gasteiger partial charge < -0.3 is 4.74 Å². The molecular weight excluding hydrogens is 476 g/mol. The summed E-state index contributed by atoms with van der Waals surface area (Å²) in [6.07, 6.45) is 2.43. The Hall–Kier alpha value is -3.15. The quantitative estimate of drug-likeness (QED) is 0.154. The predicted octanol–water partition coefficient (Wildman–Crippen LogP) is 4.15. The molecule has 1 N–H and O–H groups in total. The van der Waals surface area contributed by atoms with Crippen molar-refractivity contribution >= 4 is 64.1 Å². The Balaban J connectivity index is 1.77. The van der Waals surface area contributed by atoms with E-state index in [0.717, 1.165) is 28.3 Å². The van der Waals surface area contributed by atoms with Crippen LogP contribution in [0.25, 0.3) is 0 Å². The van der Waals surface area contributed by atoms with Crippen molar-refractivity contribution < 1.29 is 19.2 Å². The van der Waals surface area contributed by atoms with Crippen molar-refractivity contribution in [3.63, 3.8) is 0 Å². The number of hydrogen-bond acceptors (Lipinski definition) is 9. The van der Waals surface area contributed by atoms with Gasteiger partial charge in [0, 0.05) is 39.4 Å². The number of carbonyl (C=O) groups excluding carboxylic acids is 2. The third kappa shape index (κ3) is 6.42. The highest BCUT2D eigenvalue weighted by Crippen LogP contribution is 2.29. The van der Waals surface area contributed by atoms with Crippen LogP contribution in [0.15, 0.2) is 68.5 Å². The van der Waals surface area contributed by atoms with Gasteiger partial charge in [-0.05, 0) is 35.5 Å². The number of ether oxygens (including phenoxy) is 1. The van der Waals surface area contributed by atoms with Gasteiger partial charge in [-0.2, -0.15) is 5.10 Å². The minimum atomic E-state index is -0.661. The van der Waals surface area contributed by atoms with Crippen LogP contribution in [-0.2, 0) is 20.1 Å². The van der Waals surface area contributed by atoms with Gasteiger partial charge >= 0.3 is 5.97 Å². The fourth-order valence-corrected chi connectivity index (χ4v) is 4.23. The SMILES string of the molecule is COC(=O)/C=C1/S/C(=N\N=Cc2cc([N+](=O)[O-])ccc2SCc2ccc(Cl)cc2)NC1=O. The van der Waals surface area contributed by atoms with Gasteiger partial charge in [-0.25, -0.2) is 4.79 Å². The number of rotatable bonds is 7. The lowest BCUT2D eigenvalue weighted by molar-refractivity contribution is -0.384. The van der Waals surface area contributed by atoms with Crippen LogP contribution >= 0.6 is 35.1 Å². The number of halogens is 1. The minimum Gasteiger partial charge on any atom is -0.466 e. The molecule has 2 aromatic carbocycles. The highest BCUT2D eigenvalue weighted by Gasteiger charge is 2.25. The van der Waals surface area contributed by atoms with Crippen molar-refractivity contribution in [2.75, 3.05) is 7.11 Å². The second-order valence-electron chi connectivity index (χ2n) is 6.13. The molecule has 0 atom stereocenters. The number of carbonyl (C=O) groups is 2. The molecule has 1 amide bonds. The maximum atomic E-state index is 11.9. The summed E-state index contributed by atoms with van der Waals surface area (Å²) in [5.41, 5.74) is 1.46. The second-order valence-corrected chi connectivity index (χ2v) is 8.62. The van der Waals surface area contributed by atoms with E-state index in [1.54, 1.807) is 18.2 Å². The van der Waals surface area contributed by atoms with Gasteiger partial charge in [0.1, 0.15) is 0 Å². The number of amidine groups is 1. The van der Waals surface area contributed by atoms with Crippen molar-refractivity contribution in [2.45, 2.75) is 10.6 Å². The molecule has 0 saturated carbocycles. The van der Waals surface area contributed by atoms with E-state index in [4.69, 9.17) is 11.6 Å². The zero-order valence-corrected chi connectivity index (χ0v) is 18.9. The van der Waals surface area contributed by atoms with Gasteiger partial charge in [0.15, 0.2) is 5.17 Å². The summed E-state index contributed by atoms with van der Waals surface area (Å²) in [5.74, 6) is -0.534. The van der Waals surface area contributed by atoms with Crippen molar-refractivity contribution in [3.05, 3.63) is 79.7 Å². The molecule has 0 radical (unpaired) electrons. The zero-order chi connectivity index (χ0) is 23.1. The molecule has 164 valence electrons. The smallest absolute Gasteiger partial charge is 0.331 e. The molecule has 0 spiro atoms. The summed E-state index contributed by atoms with van der Waals surface area (Å²) in [4.78, 5) is 34.7. The van der Waals surface area contributed by atoms with Crippen molar-refractivity contribution in [1.82, 2.24) is 5.32 Å². The minimum absolute atomic E-state index is 0.0817. The number of nitrogens with zero attached hydrogens (tertiary/aromatic N) is 3. The highest BCUT2D eigenvalue weighted by atomic mass is 35.5. The maximum absolute atomic E-state index is 11.9. The molecular formula is C20H15ClN4O5S2. The lowest BCUT2D eigenvalue weighted by Gasteiger charge is -2.06. The van der Waals surface area contributed by atoms with E-state index in [2.05, 4.69) is 20.3 Å². The van der Waals surface area contributed by atoms with E-state index >= 15 is 0 Å². The summed E-state index contributed by atoms with van der Waals surface area (Å²) >= 11 is 8.32. The number of nitro benzene ring substituents is 1. The Morgan fingerprint density at radius 1 is 1.31 bits per heavy atom. The van der Waals surface area contributed by atoms with Crippen molar-refractivity contribution in [1.29, 1.82) is 0 Å². The normalized spacial score (nSPS) is 16.0. The number of benzene rings is 2. The number of methoxy groups -OCH3 is 1. The topological polar surface area (TPSA) is 123 Å². The van der Waals surface area contributed by atoms with Gasteiger partial charge in [0.05, 0.1) is 23.2 Å². The number of hydrogen-bond donors (Lipinski definition) is 1. The Bertz CT molecular complexity index is 1150. The van der Waals surface area contributed by atoms with E-state index in [1.165, 1.54) is 37.2 Å². The molecule has 0 bridgehead atoms. The molecule has 3 rings (SSSR count). The fraction of sp³-hybridized carbons (Fsp3) is 0.100. The van der Waals surface area contributed by atoms with Crippen LogP contribution in [0, 0.1) is 10.1 Å². The van der Waals surface area contributed by atoms with Gasteiger partial charge in [0.25, 0.3) is 11.6 Å². The van der Waals surface area contributed by atoms with Crippen LogP contribution in [0.4, 0.5) is 5.69 Å². The van der Waals surface area contributed by atoms with Crippen LogP contribution < -0.4 is 5.32 Å². The number of amides is 1. The first kappa shape index (κ1) is 23.5. The Morgan fingerprint density at radius 3 is 2.75 bits per heavy atom. The summed E-state index contributed by atoms with van der Waals surface area (Å²) in [6.45, 7) is 0. The van der Waals surface area contributed by atoms with Gasteiger partial charge in [0.2, 0.25) is 0 Å². The summed E-state index contributed by atoms with van der Waals surface area (Å²) < 4.78 is 4.50. The van der Waals surface area contributed by atoms with Crippen molar-refractivity contribution in [3.8, 4) is 0 Å².